The molecule has 0 radical (unpaired) electrons. The van der Waals surface area contributed by atoms with Crippen LogP contribution in [-0.2, 0) is 7.05 Å². The van der Waals surface area contributed by atoms with E-state index in [9.17, 15) is 18.0 Å². The lowest BCUT2D eigenvalue weighted by atomic mass is 9.94. The zero-order valence-electron chi connectivity index (χ0n) is 21.0. The second-order valence-corrected chi connectivity index (χ2v) is 9.50. The van der Waals surface area contributed by atoms with Gasteiger partial charge in [0.2, 0.25) is 0 Å². The van der Waals surface area contributed by atoms with Gasteiger partial charge in [-0.25, -0.2) is 9.48 Å². The van der Waals surface area contributed by atoms with Gasteiger partial charge in [0.25, 0.3) is 0 Å². The molecule has 2 aromatic carbocycles. The number of benzene rings is 2. The molecule has 0 saturated carbocycles. The van der Waals surface area contributed by atoms with E-state index in [0.717, 1.165) is 22.4 Å². The first-order valence-electron chi connectivity index (χ1n) is 12.2. The highest BCUT2D eigenvalue weighted by molar-refractivity contribution is 5.91. The molecule has 8 nitrogen and oxygen atoms in total. The lowest BCUT2D eigenvalue weighted by molar-refractivity contribution is -0.143. The van der Waals surface area contributed by atoms with Crippen LogP contribution in [-0.4, -0.2) is 62.3 Å². The fraction of sp³-hybridized carbons (Fsp3) is 0.296. The molecule has 3 heterocycles. The van der Waals surface area contributed by atoms with Crippen molar-refractivity contribution in [2.75, 3.05) is 25.0 Å². The first-order chi connectivity index (χ1) is 18.2. The van der Waals surface area contributed by atoms with E-state index in [4.69, 9.17) is 5.10 Å². The number of aryl methyl sites for hydroxylation is 1. The maximum atomic E-state index is 13.3. The number of halogens is 3. The molecule has 4 aromatic rings. The van der Waals surface area contributed by atoms with Crippen molar-refractivity contribution in [2.24, 2.45) is 7.05 Å². The summed E-state index contributed by atoms with van der Waals surface area (Å²) in [4.78, 5) is 14.6. The quantitative estimate of drug-likeness (QED) is 0.383. The van der Waals surface area contributed by atoms with Gasteiger partial charge in [-0.05, 0) is 24.6 Å². The van der Waals surface area contributed by atoms with Crippen molar-refractivity contribution in [1.82, 2.24) is 29.8 Å². The lowest BCUT2D eigenvalue weighted by Gasteiger charge is -2.21. The average Bonchev–Trinajstić information content (AvgIpc) is 3.57. The molecule has 0 aliphatic carbocycles. The van der Waals surface area contributed by atoms with Gasteiger partial charge in [0, 0.05) is 43.4 Å². The molecule has 198 valence electrons. The van der Waals surface area contributed by atoms with Gasteiger partial charge in [0.1, 0.15) is 11.5 Å². The molecule has 2 atom stereocenters. The molecule has 11 heteroatoms. The number of para-hydroxylation sites is 1. The Balaban J connectivity index is 1.42. The highest BCUT2D eigenvalue weighted by atomic mass is 19.4. The van der Waals surface area contributed by atoms with Crippen molar-refractivity contribution in [2.45, 2.75) is 25.1 Å². The monoisotopic (exact) mass is 523 g/mol. The molecular weight excluding hydrogens is 495 g/mol. The van der Waals surface area contributed by atoms with E-state index in [2.05, 4.69) is 15.7 Å². The average molecular weight is 524 g/mol. The molecule has 1 aliphatic heterocycles. The number of hydrogen-bond acceptors (Lipinski definition) is 4. The number of rotatable bonds is 6. The number of likely N-dealkylation sites (tertiary alicyclic amines) is 1. The van der Waals surface area contributed by atoms with Crippen LogP contribution in [0, 0.1) is 6.92 Å². The third-order valence-corrected chi connectivity index (χ3v) is 6.68. The largest absolute Gasteiger partial charge is 0.401 e. The summed E-state index contributed by atoms with van der Waals surface area (Å²) in [5, 5.41) is 14.8. The van der Waals surface area contributed by atoms with E-state index in [1.165, 1.54) is 4.90 Å². The first kappa shape index (κ1) is 25.5. The number of nitrogens with one attached hydrogen (secondary N) is 2. The van der Waals surface area contributed by atoms with Crippen molar-refractivity contribution in [3.05, 3.63) is 84.2 Å². The molecule has 0 unspecified atom stereocenters. The first-order valence-corrected chi connectivity index (χ1v) is 12.2. The van der Waals surface area contributed by atoms with Gasteiger partial charge in [-0.15, -0.1) is 0 Å². The fourth-order valence-electron chi connectivity index (χ4n) is 4.98. The number of carbonyl (C=O) groups is 1. The zero-order chi connectivity index (χ0) is 26.9. The summed E-state index contributed by atoms with van der Waals surface area (Å²) in [5.74, 6) is 0.185. The summed E-state index contributed by atoms with van der Waals surface area (Å²) >= 11 is 0. The number of urea groups is 1. The third kappa shape index (κ3) is 5.57. The number of hydrogen-bond donors (Lipinski definition) is 2. The van der Waals surface area contributed by atoms with Crippen LogP contribution < -0.4 is 10.6 Å². The predicted octanol–water partition coefficient (Wildman–Crippen LogP) is 4.73. The zero-order valence-corrected chi connectivity index (χ0v) is 21.0. The number of alkyl halides is 3. The van der Waals surface area contributed by atoms with Crippen LogP contribution in [0.1, 0.15) is 17.0 Å². The molecular formula is C27H28F3N7O. The Morgan fingerprint density at radius 1 is 1.05 bits per heavy atom. The molecule has 2 N–H and O–H groups in total. The lowest BCUT2D eigenvalue weighted by Crippen LogP contribution is -2.43. The van der Waals surface area contributed by atoms with Crippen LogP contribution in [0.4, 0.5) is 23.8 Å². The van der Waals surface area contributed by atoms with Gasteiger partial charge >= 0.3 is 12.2 Å². The van der Waals surface area contributed by atoms with Gasteiger partial charge in [-0.2, -0.15) is 23.4 Å². The van der Waals surface area contributed by atoms with Gasteiger partial charge in [-0.1, -0.05) is 48.5 Å². The summed E-state index contributed by atoms with van der Waals surface area (Å²) in [7, 11) is 1.81. The molecule has 1 saturated heterocycles. The fourth-order valence-corrected chi connectivity index (χ4v) is 4.98. The summed E-state index contributed by atoms with van der Waals surface area (Å²) in [6.07, 6.45) is -0.778. The van der Waals surface area contributed by atoms with Crippen LogP contribution in [0.3, 0.4) is 0 Å². The van der Waals surface area contributed by atoms with E-state index >= 15 is 0 Å². The van der Waals surface area contributed by atoms with E-state index in [0.29, 0.717) is 11.5 Å². The third-order valence-electron chi connectivity index (χ3n) is 6.68. The van der Waals surface area contributed by atoms with Crippen molar-refractivity contribution >= 4 is 11.8 Å². The minimum absolute atomic E-state index is 0.0877. The molecule has 38 heavy (non-hydrogen) atoms. The Kier molecular flexibility index (Phi) is 6.94. The van der Waals surface area contributed by atoms with E-state index < -0.39 is 24.8 Å². The smallest absolute Gasteiger partial charge is 0.333 e. The highest BCUT2D eigenvalue weighted by Crippen LogP contribution is 2.32. The van der Waals surface area contributed by atoms with E-state index in [-0.39, 0.29) is 19.0 Å². The van der Waals surface area contributed by atoms with Crippen LogP contribution in [0.25, 0.3) is 16.9 Å². The molecule has 1 fully saturated rings. The van der Waals surface area contributed by atoms with Crippen LogP contribution in [0.2, 0.25) is 0 Å². The number of aromatic nitrogens is 4. The van der Waals surface area contributed by atoms with Crippen LogP contribution in [0.5, 0.6) is 0 Å². The predicted molar refractivity (Wildman–Crippen MR) is 138 cm³/mol. The van der Waals surface area contributed by atoms with Gasteiger partial charge in [0.05, 0.1) is 24.5 Å². The second kappa shape index (κ2) is 10.3. The summed E-state index contributed by atoms with van der Waals surface area (Å²) in [5.41, 5.74) is 3.83. The Hall–Kier alpha value is -4.12. The highest BCUT2D eigenvalue weighted by Gasteiger charge is 2.40. The minimum atomic E-state index is -4.32. The van der Waals surface area contributed by atoms with E-state index in [1.807, 2.05) is 80.8 Å². The van der Waals surface area contributed by atoms with Crippen molar-refractivity contribution < 1.29 is 18.0 Å². The maximum Gasteiger partial charge on any atom is 0.401 e. The maximum absolute atomic E-state index is 13.3. The number of anilines is 1. The van der Waals surface area contributed by atoms with Crippen molar-refractivity contribution in [3.63, 3.8) is 0 Å². The van der Waals surface area contributed by atoms with Gasteiger partial charge in [0.15, 0.2) is 0 Å². The van der Waals surface area contributed by atoms with Crippen LogP contribution in [0.15, 0.2) is 73.1 Å². The van der Waals surface area contributed by atoms with Gasteiger partial charge in [-0.3, -0.25) is 14.9 Å². The minimum Gasteiger partial charge on any atom is -0.333 e. The normalized spacial score (nSPS) is 18.0. The summed E-state index contributed by atoms with van der Waals surface area (Å²) in [6.45, 7) is 1.12. The number of amides is 2. The Morgan fingerprint density at radius 2 is 1.74 bits per heavy atom. The molecule has 2 aromatic heterocycles. The van der Waals surface area contributed by atoms with Gasteiger partial charge < -0.3 is 5.32 Å². The van der Waals surface area contributed by atoms with E-state index in [1.54, 1.807) is 15.6 Å². The molecule has 5 rings (SSSR count). The molecule has 1 aliphatic rings. The topological polar surface area (TPSA) is 80.0 Å². The molecule has 0 bridgehead atoms. The van der Waals surface area contributed by atoms with Crippen molar-refractivity contribution in [1.29, 1.82) is 0 Å². The Bertz CT molecular complexity index is 1400. The Morgan fingerprint density at radius 3 is 2.37 bits per heavy atom. The molecule has 2 amide bonds. The Labute approximate surface area is 218 Å². The molecule has 0 spiro atoms. The number of carbonyl (C=O) groups excluding carboxylic acids is 1. The van der Waals surface area contributed by atoms with Crippen LogP contribution >= 0.6 is 0 Å². The standard InChI is InChI=1S/C27H28F3N7O/c1-18-24(20-13-31-35(2)14-20)34-37(21-11-7-4-8-12-21)25(18)33-26(38)32-23-16-36(17-27(28,29)30)15-22(23)19-9-5-3-6-10-19/h3-14,22-23H,15-17H2,1-2H3,(H2,32,33,38)/t22-,23+/m1/s1. The summed E-state index contributed by atoms with van der Waals surface area (Å²) in [6, 6.07) is 17.7. The number of nitrogens with zero attached hydrogens (tertiary/aromatic N) is 5. The summed E-state index contributed by atoms with van der Waals surface area (Å²) < 4.78 is 42.8. The van der Waals surface area contributed by atoms with Crippen molar-refractivity contribution in [3.8, 4) is 16.9 Å². The SMILES string of the molecule is Cc1c(-c2cnn(C)c2)nn(-c2ccccc2)c1NC(=O)N[C@H]1CN(CC(F)(F)F)C[C@@H]1c1ccccc1. The second-order valence-electron chi connectivity index (χ2n) is 9.50.